The van der Waals surface area contributed by atoms with Crippen molar-refractivity contribution in [1.82, 2.24) is 13.8 Å². The van der Waals surface area contributed by atoms with Crippen LogP contribution in [0.4, 0.5) is 0 Å². The third-order valence-electron chi connectivity index (χ3n) is 4.00. The van der Waals surface area contributed by atoms with E-state index in [-0.39, 0.29) is 23.6 Å². The lowest BCUT2D eigenvalue weighted by atomic mass is 10.2. The molecule has 1 aliphatic rings. The molecule has 0 saturated carbocycles. The summed E-state index contributed by atoms with van der Waals surface area (Å²) in [5.41, 5.74) is 0.630. The summed E-state index contributed by atoms with van der Waals surface area (Å²) in [4.78, 5) is 2.41. The lowest BCUT2D eigenvalue weighted by Crippen LogP contribution is -2.52. The van der Waals surface area contributed by atoms with Crippen LogP contribution in [0.25, 0.3) is 0 Å². The number of likely N-dealkylation sites (N-methyl/N-ethyl adjacent to an activating group) is 1. The van der Waals surface area contributed by atoms with Gasteiger partial charge < -0.3 is 14.6 Å². The molecule has 2 heterocycles. The molecule has 120 valence electrons. The first-order valence-electron chi connectivity index (χ1n) is 7.29. The fourth-order valence-corrected chi connectivity index (χ4v) is 4.53. The molecular formula is C14H25N3O3S. The van der Waals surface area contributed by atoms with Crippen LogP contribution in [0, 0.1) is 0 Å². The van der Waals surface area contributed by atoms with Gasteiger partial charge in [0.1, 0.15) is 4.90 Å². The molecule has 0 aliphatic carbocycles. The second-order valence-electron chi connectivity index (χ2n) is 6.05. The number of aliphatic hydroxyl groups excluding tert-OH is 1. The fourth-order valence-electron chi connectivity index (χ4n) is 2.86. The van der Waals surface area contributed by atoms with Crippen LogP contribution in [0.2, 0.25) is 0 Å². The van der Waals surface area contributed by atoms with Crippen molar-refractivity contribution in [2.24, 2.45) is 0 Å². The number of rotatable bonds is 4. The van der Waals surface area contributed by atoms with Crippen molar-refractivity contribution < 1.29 is 13.5 Å². The molecule has 0 aromatic carbocycles. The summed E-state index contributed by atoms with van der Waals surface area (Å²) in [6, 6.07) is 1.65. The van der Waals surface area contributed by atoms with E-state index in [9.17, 15) is 13.5 Å². The van der Waals surface area contributed by atoms with Crippen molar-refractivity contribution in [3.05, 3.63) is 18.0 Å². The van der Waals surface area contributed by atoms with Gasteiger partial charge in [-0.3, -0.25) is 0 Å². The van der Waals surface area contributed by atoms with E-state index in [1.54, 1.807) is 16.6 Å². The van der Waals surface area contributed by atoms with Crippen molar-refractivity contribution in [3.8, 4) is 0 Å². The minimum Gasteiger partial charge on any atom is -0.390 e. The first kappa shape index (κ1) is 16.5. The van der Waals surface area contributed by atoms with Crippen LogP contribution in [-0.4, -0.2) is 60.0 Å². The maximum Gasteiger partial charge on any atom is 0.244 e. The Bertz CT molecular complexity index is 595. The van der Waals surface area contributed by atoms with Gasteiger partial charge in [-0.05, 0) is 33.9 Å². The number of piperazine rings is 1. The number of hydrogen-bond acceptors (Lipinski definition) is 4. The molecule has 1 unspecified atom stereocenters. The van der Waals surface area contributed by atoms with E-state index in [0.717, 1.165) is 13.1 Å². The van der Waals surface area contributed by atoms with E-state index >= 15 is 0 Å². The molecular weight excluding hydrogens is 290 g/mol. The zero-order chi connectivity index (χ0) is 15.8. The fraction of sp³-hybridized carbons (Fsp3) is 0.714. The van der Waals surface area contributed by atoms with Crippen LogP contribution in [0.15, 0.2) is 17.2 Å². The minimum absolute atomic E-state index is 0.0475. The van der Waals surface area contributed by atoms with Crippen molar-refractivity contribution in [2.75, 3.05) is 26.7 Å². The monoisotopic (exact) mass is 315 g/mol. The van der Waals surface area contributed by atoms with E-state index in [2.05, 4.69) is 4.90 Å². The maximum absolute atomic E-state index is 12.8. The zero-order valence-corrected chi connectivity index (χ0v) is 14.0. The molecule has 21 heavy (non-hydrogen) atoms. The van der Waals surface area contributed by atoms with E-state index in [0.29, 0.717) is 12.2 Å². The van der Waals surface area contributed by atoms with Gasteiger partial charge in [0.05, 0.1) is 6.61 Å². The van der Waals surface area contributed by atoms with Gasteiger partial charge >= 0.3 is 0 Å². The van der Waals surface area contributed by atoms with Crippen LogP contribution in [-0.2, 0) is 16.6 Å². The quantitative estimate of drug-likeness (QED) is 0.896. The summed E-state index contributed by atoms with van der Waals surface area (Å²) >= 11 is 0. The van der Waals surface area contributed by atoms with Gasteiger partial charge in [0.2, 0.25) is 10.0 Å². The predicted octanol–water partition coefficient (Wildman–Crippen LogP) is 0.886. The largest absolute Gasteiger partial charge is 0.390 e. The van der Waals surface area contributed by atoms with Gasteiger partial charge in [0.15, 0.2) is 0 Å². The van der Waals surface area contributed by atoms with Gasteiger partial charge in [-0.15, -0.1) is 0 Å². The van der Waals surface area contributed by atoms with Crippen LogP contribution < -0.4 is 0 Å². The lowest BCUT2D eigenvalue weighted by molar-refractivity contribution is 0.170. The Kier molecular flexibility index (Phi) is 4.77. The summed E-state index contributed by atoms with van der Waals surface area (Å²) in [5.74, 6) is 0. The second kappa shape index (κ2) is 6.08. The predicted molar refractivity (Wildman–Crippen MR) is 81.6 cm³/mol. The minimum atomic E-state index is -3.51. The highest BCUT2D eigenvalue weighted by molar-refractivity contribution is 7.89. The maximum atomic E-state index is 12.8. The molecule has 0 bridgehead atoms. The highest BCUT2D eigenvalue weighted by atomic mass is 32.2. The molecule has 0 radical (unpaired) electrons. The summed E-state index contributed by atoms with van der Waals surface area (Å²) in [6.07, 6.45) is 1.64. The van der Waals surface area contributed by atoms with Crippen molar-refractivity contribution >= 4 is 10.0 Å². The van der Waals surface area contributed by atoms with E-state index in [4.69, 9.17) is 0 Å². The number of sulfonamides is 1. The second-order valence-corrected chi connectivity index (χ2v) is 7.94. The molecule has 1 saturated heterocycles. The average molecular weight is 315 g/mol. The van der Waals surface area contributed by atoms with Gasteiger partial charge in [0.25, 0.3) is 0 Å². The summed E-state index contributed by atoms with van der Waals surface area (Å²) in [6.45, 7) is 7.67. The van der Waals surface area contributed by atoms with Crippen molar-refractivity contribution in [1.29, 1.82) is 0 Å². The molecule has 6 nitrogen and oxygen atoms in total. The van der Waals surface area contributed by atoms with E-state index in [1.165, 1.54) is 0 Å². The molecule has 7 heteroatoms. The molecule has 1 aliphatic heterocycles. The van der Waals surface area contributed by atoms with Gasteiger partial charge in [0, 0.05) is 43.6 Å². The smallest absolute Gasteiger partial charge is 0.244 e. The molecule has 1 aromatic rings. The lowest BCUT2D eigenvalue weighted by Gasteiger charge is -2.36. The first-order chi connectivity index (χ1) is 9.77. The SMILES string of the molecule is CC1CN(C)CCN1S(=O)(=O)c1cc(CO)n(C(C)C)c1. The Morgan fingerprint density at radius 1 is 1.38 bits per heavy atom. The third-order valence-corrected chi connectivity index (χ3v) is 5.98. The Morgan fingerprint density at radius 3 is 2.52 bits per heavy atom. The molecule has 1 N–H and O–H groups in total. The van der Waals surface area contributed by atoms with Crippen LogP contribution >= 0.6 is 0 Å². The third kappa shape index (κ3) is 3.15. The summed E-state index contributed by atoms with van der Waals surface area (Å²) < 4.78 is 29.0. The Hall–Kier alpha value is -0.890. The van der Waals surface area contributed by atoms with Gasteiger partial charge in [-0.1, -0.05) is 0 Å². The first-order valence-corrected chi connectivity index (χ1v) is 8.73. The van der Waals surface area contributed by atoms with E-state index < -0.39 is 10.0 Å². The van der Waals surface area contributed by atoms with Crippen LogP contribution in [0.3, 0.4) is 0 Å². The highest BCUT2D eigenvalue weighted by Crippen LogP contribution is 2.25. The molecule has 0 spiro atoms. The average Bonchev–Trinajstić information content (AvgIpc) is 2.83. The number of hydrogen-bond donors (Lipinski definition) is 1. The van der Waals surface area contributed by atoms with Crippen molar-refractivity contribution in [2.45, 2.75) is 44.4 Å². The molecule has 2 rings (SSSR count). The number of aliphatic hydroxyl groups is 1. The highest BCUT2D eigenvalue weighted by Gasteiger charge is 2.33. The topological polar surface area (TPSA) is 65.8 Å². The van der Waals surface area contributed by atoms with E-state index in [1.807, 2.05) is 32.4 Å². The normalized spacial score (nSPS) is 22.1. The molecule has 1 aromatic heterocycles. The molecule has 0 amide bonds. The molecule has 1 fully saturated rings. The number of aromatic nitrogens is 1. The van der Waals surface area contributed by atoms with Gasteiger partial charge in [-0.25, -0.2) is 8.42 Å². The summed E-state index contributed by atoms with van der Waals surface area (Å²) in [7, 11) is -1.51. The molecule has 1 atom stereocenters. The van der Waals surface area contributed by atoms with Gasteiger partial charge in [-0.2, -0.15) is 4.31 Å². The Morgan fingerprint density at radius 2 is 2.05 bits per heavy atom. The van der Waals surface area contributed by atoms with Crippen LogP contribution in [0.5, 0.6) is 0 Å². The van der Waals surface area contributed by atoms with Crippen molar-refractivity contribution in [3.63, 3.8) is 0 Å². The number of nitrogens with zero attached hydrogens (tertiary/aromatic N) is 3. The summed E-state index contributed by atoms with van der Waals surface area (Å²) in [5, 5.41) is 9.41. The van der Waals surface area contributed by atoms with Crippen LogP contribution in [0.1, 0.15) is 32.5 Å². The zero-order valence-electron chi connectivity index (χ0n) is 13.2. The standard InChI is InChI=1S/C14H25N3O3S/c1-11(2)16-9-14(7-13(16)10-18)21(19,20)17-6-5-15(4)8-12(17)3/h7,9,11-12,18H,5-6,8,10H2,1-4H3. The Labute approximate surface area is 127 Å². The Balaban J connectivity index is 2.36.